The second kappa shape index (κ2) is 11.2. The molecule has 8 heteroatoms. The topological polar surface area (TPSA) is 60.0 Å². The lowest BCUT2D eigenvalue weighted by Gasteiger charge is -2.22. The maximum atomic E-state index is 11.9. The SMILES string of the molecule is CN(C)C(=O)CN=C(NC1CCCC1)NC1CCN(c2ccc(Br)cc2)C1.I. The fraction of sp³-hybridized carbons (Fsp3) is 0.600. The van der Waals surface area contributed by atoms with E-state index >= 15 is 0 Å². The number of carbonyl (C=O) groups is 1. The van der Waals surface area contributed by atoms with Crippen LogP contribution in [0.25, 0.3) is 0 Å². The quantitative estimate of drug-likeness (QED) is 0.328. The number of hydrogen-bond donors (Lipinski definition) is 2. The molecule has 1 saturated carbocycles. The van der Waals surface area contributed by atoms with Crippen LogP contribution in [0.4, 0.5) is 5.69 Å². The van der Waals surface area contributed by atoms with E-state index < -0.39 is 0 Å². The van der Waals surface area contributed by atoms with Crippen molar-refractivity contribution in [3.8, 4) is 0 Å². The molecule has 28 heavy (non-hydrogen) atoms. The van der Waals surface area contributed by atoms with Crippen LogP contribution in [-0.4, -0.2) is 62.6 Å². The smallest absolute Gasteiger partial charge is 0.243 e. The third-order valence-corrected chi connectivity index (χ3v) is 5.82. The summed E-state index contributed by atoms with van der Waals surface area (Å²) in [6, 6.07) is 9.25. The molecule has 1 heterocycles. The molecule has 1 unspecified atom stereocenters. The van der Waals surface area contributed by atoms with E-state index in [0.29, 0.717) is 12.1 Å². The minimum atomic E-state index is 0. The van der Waals surface area contributed by atoms with Crippen LogP contribution in [0.3, 0.4) is 0 Å². The molecular weight excluding hydrogens is 533 g/mol. The number of carbonyl (C=O) groups excluding carboxylic acids is 1. The van der Waals surface area contributed by atoms with Crippen molar-refractivity contribution in [1.29, 1.82) is 0 Å². The van der Waals surface area contributed by atoms with Crippen molar-refractivity contribution in [2.75, 3.05) is 38.6 Å². The minimum Gasteiger partial charge on any atom is -0.369 e. The standard InChI is InChI=1S/C20H30BrN5O.HI/c1-25(2)19(27)13-22-20(23-16-5-3-4-6-16)24-17-11-12-26(14-17)18-9-7-15(21)8-10-18;/h7-10,16-17H,3-6,11-14H2,1-2H3,(H2,22,23,24);1H. The zero-order chi connectivity index (χ0) is 19.2. The Kier molecular flexibility index (Phi) is 9.33. The van der Waals surface area contributed by atoms with Crippen molar-refractivity contribution >= 4 is 57.5 Å². The highest BCUT2D eigenvalue weighted by atomic mass is 127. The molecular formula is C20H31BrIN5O. The number of halogens is 2. The molecule has 0 aromatic heterocycles. The predicted molar refractivity (Wildman–Crippen MR) is 130 cm³/mol. The van der Waals surface area contributed by atoms with Crippen LogP contribution in [0.2, 0.25) is 0 Å². The molecule has 0 radical (unpaired) electrons. The van der Waals surface area contributed by atoms with Gasteiger partial charge in [-0.05, 0) is 43.5 Å². The van der Waals surface area contributed by atoms with E-state index in [1.165, 1.54) is 31.4 Å². The lowest BCUT2D eigenvalue weighted by Crippen LogP contribution is -2.48. The number of nitrogens with zero attached hydrogens (tertiary/aromatic N) is 3. The van der Waals surface area contributed by atoms with Gasteiger partial charge in [0.2, 0.25) is 5.91 Å². The fourth-order valence-electron chi connectivity index (χ4n) is 3.64. The van der Waals surface area contributed by atoms with E-state index in [0.717, 1.165) is 29.9 Å². The molecule has 0 spiro atoms. The molecule has 6 nitrogen and oxygen atoms in total. The number of nitrogens with one attached hydrogen (secondary N) is 2. The number of rotatable bonds is 5. The van der Waals surface area contributed by atoms with Crippen LogP contribution >= 0.6 is 39.9 Å². The average Bonchev–Trinajstić information content (AvgIpc) is 3.32. The summed E-state index contributed by atoms with van der Waals surface area (Å²) in [4.78, 5) is 20.5. The van der Waals surface area contributed by atoms with Gasteiger partial charge in [-0.3, -0.25) is 4.79 Å². The van der Waals surface area contributed by atoms with Gasteiger partial charge in [-0.2, -0.15) is 0 Å². The Morgan fingerprint density at radius 3 is 2.43 bits per heavy atom. The first-order valence-electron chi connectivity index (χ1n) is 9.79. The minimum absolute atomic E-state index is 0. The number of aliphatic imine (C=N–C) groups is 1. The zero-order valence-electron chi connectivity index (χ0n) is 16.7. The van der Waals surface area contributed by atoms with Gasteiger partial charge in [0.15, 0.2) is 5.96 Å². The van der Waals surface area contributed by atoms with Crippen molar-refractivity contribution in [1.82, 2.24) is 15.5 Å². The maximum absolute atomic E-state index is 11.9. The van der Waals surface area contributed by atoms with Crippen molar-refractivity contribution in [2.24, 2.45) is 4.99 Å². The molecule has 1 aliphatic heterocycles. The molecule has 0 bridgehead atoms. The van der Waals surface area contributed by atoms with Crippen LogP contribution in [0.5, 0.6) is 0 Å². The lowest BCUT2D eigenvalue weighted by atomic mass is 10.2. The van der Waals surface area contributed by atoms with Gasteiger partial charge in [-0.1, -0.05) is 28.8 Å². The van der Waals surface area contributed by atoms with Gasteiger partial charge < -0.3 is 20.4 Å². The highest BCUT2D eigenvalue weighted by Gasteiger charge is 2.25. The van der Waals surface area contributed by atoms with Gasteiger partial charge in [0.25, 0.3) is 0 Å². The van der Waals surface area contributed by atoms with Crippen molar-refractivity contribution in [3.63, 3.8) is 0 Å². The predicted octanol–water partition coefficient (Wildman–Crippen LogP) is 3.21. The summed E-state index contributed by atoms with van der Waals surface area (Å²) in [7, 11) is 3.53. The first-order chi connectivity index (χ1) is 13.0. The Hall–Kier alpha value is -1.03. The molecule has 1 amide bonds. The Bertz CT molecular complexity index is 661. The first-order valence-corrected chi connectivity index (χ1v) is 10.6. The summed E-state index contributed by atoms with van der Waals surface area (Å²) >= 11 is 3.49. The summed E-state index contributed by atoms with van der Waals surface area (Å²) < 4.78 is 1.10. The average molecular weight is 564 g/mol. The number of anilines is 1. The molecule has 2 fully saturated rings. The van der Waals surface area contributed by atoms with E-state index in [9.17, 15) is 4.79 Å². The third-order valence-electron chi connectivity index (χ3n) is 5.29. The largest absolute Gasteiger partial charge is 0.369 e. The second-order valence-corrected chi connectivity index (χ2v) is 8.55. The van der Waals surface area contributed by atoms with Crippen LogP contribution in [-0.2, 0) is 4.79 Å². The molecule has 1 aliphatic carbocycles. The number of amides is 1. The van der Waals surface area contributed by atoms with E-state index in [1.807, 2.05) is 0 Å². The van der Waals surface area contributed by atoms with Crippen LogP contribution in [0.15, 0.2) is 33.7 Å². The Balaban J connectivity index is 0.00000280. The summed E-state index contributed by atoms with van der Waals surface area (Å²) in [5.41, 5.74) is 1.24. The van der Waals surface area contributed by atoms with E-state index in [1.54, 1.807) is 19.0 Å². The zero-order valence-corrected chi connectivity index (χ0v) is 20.6. The Morgan fingerprint density at radius 2 is 1.79 bits per heavy atom. The maximum Gasteiger partial charge on any atom is 0.243 e. The molecule has 1 aromatic rings. The Labute approximate surface area is 193 Å². The van der Waals surface area contributed by atoms with Gasteiger partial charge in [0.1, 0.15) is 6.54 Å². The highest BCUT2D eigenvalue weighted by Crippen LogP contribution is 2.23. The normalized spacial score (nSPS) is 20.0. The number of guanidine groups is 1. The molecule has 1 saturated heterocycles. The van der Waals surface area contributed by atoms with E-state index in [2.05, 4.69) is 60.7 Å². The fourth-order valence-corrected chi connectivity index (χ4v) is 3.91. The molecule has 2 N–H and O–H groups in total. The van der Waals surface area contributed by atoms with Crippen LogP contribution in [0.1, 0.15) is 32.1 Å². The number of likely N-dealkylation sites (N-methyl/N-ethyl adjacent to an activating group) is 1. The summed E-state index contributed by atoms with van der Waals surface area (Å²) in [6.45, 7) is 2.14. The second-order valence-electron chi connectivity index (χ2n) is 7.63. The molecule has 156 valence electrons. The van der Waals surface area contributed by atoms with Gasteiger partial charge in [-0.25, -0.2) is 4.99 Å². The highest BCUT2D eigenvalue weighted by molar-refractivity contribution is 14.0. The van der Waals surface area contributed by atoms with E-state index in [-0.39, 0.29) is 36.4 Å². The van der Waals surface area contributed by atoms with E-state index in [4.69, 9.17) is 0 Å². The van der Waals surface area contributed by atoms with Crippen molar-refractivity contribution < 1.29 is 4.79 Å². The van der Waals surface area contributed by atoms with Gasteiger partial charge in [0.05, 0.1) is 0 Å². The first kappa shape index (κ1) is 23.3. The number of benzene rings is 1. The Morgan fingerprint density at radius 1 is 1.14 bits per heavy atom. The van der Waals surface area contributed by atoms with Gasteiger partial charge in [0, 0.05) is 49.4 Å². The summed E-state index contributed by atoms with van der Waals surface area (Å²) in [6.07, 6.45) is 5.95. The van der Waals surface area contributed by atoms with Crippen LogP contribution in [0, 0.1) is 0 Å². The lowest BCUT2D eigenvalue weighted by molar-refractivity contribution is -0.127. The van der Waals surface area contributed by atoms with Crippen molar-refractivity contribution in [2.45, 2.75) is 44.2 Å². The molecule has 2 aliphatic rings. The third kappa shape index (κ3) is 6.79. The van der Waals surface area contributed by atoms with Crippen LogP contribution < -0.4 is 15.5 Å². The van der Waals surface area contributed by atoms with Crippen molar-refractivity contribution in [3.05, 3.63) is 28.7 Å². The summed E-state index contributed by atoms with van der Waals surface area (Å²) in [5, 5.41) is 7.11. The monoisotopic (exact) mass is 563 g/mol. The molecule has 1 atom stereocenters. The molecule has 3 rings (SSSR count). The molecule has 1 aromatic carbocycles. The van der Waals surface area contributed by atoms with Gasteiger partial charge in [-0.15, -0.1) is 24.0 Å². The summed E-state index contributed by atoms with van der Waals surface area (Å²) in [5.74, 6) is 0.796. The van der Waals surface area contributed by atoms with Gasteiger partial charge >= 0.3 is 0 Å². The number of hydrogen-bond acceptors (Lipinski definition) is 3.